The number of likely N-dealkylation sites (N-methyl/N-ethyl adjacent to an activating group) is 1. The summed E-state index contributed by atoms with van der Waals surface area (Å²) in [5.74, 6) is -1.41. The van der Waals surface area contributed by atoms with Crippen molar-refractivity contribution in [2.75, 3.05) is 7.05 Å². The van der Waals surface area contributed by atoms with E-state index < -0.39 is 12.0 Å². The van der Waals surface area contributed by atoms with Crippen molar-refractivity contribution >= 4 is 17.5 Å². The molecule has 2 aromatic rings. The minimum absolute atomic E-state index is 0.361. The second-order valence-electron chi connectivity index (χ2n) is 3.94. The van der Waals surface area contributed by atoms with Crippen LogP contribution in [0.5, 0.6) is 0 Å². The molecule has 1 unspecified atom stereocenters. The zero-order valence-corrected chi connectivity index (χ0v) is 9.94. The molecule has 7 nitrogen and oxygen atoms in total. The fraction of sp³-hybridized carbons (Fsp3) is 0.273. The average molecular weight is 248 g/mol. The Morgan fingerprint density at radius 3 is 2.83 bits per heavy atom. The molecule has 0 fully saturated rings. The van der Waals surface area contributed by atoms with Crippen molar-refractivity contribution in [2.45, 2.75) is 13.0 Å². The highest BCUT2D eigenvalue weighted by atomic mass is 16.4. The van der Waals surface area contributed by atoms with Crippen LogP contribution in [0.3, 0.4) is 0 Å². The number of carbonyl (C=O) groups excluding carboxylic acids is 1. The predicted molar refractivity (Wildman–Crippen MR) is 62.2 cm³/mol. The van der Waals surface area contributed by atoms with Crippen molar-refractivity contribution < 1.29 is 14.7 Å². The molecule has 0 saturated carbocycles. The standard InChI is InChI=1S/C11H12N4O3/c1-7(11(17)18)14(2)10(16)8-3-4-9-13-12-6-15(9)5-8/h3-7H,1-2H3,(H,17,18). The first-order valence-corrected chi connectivity index (χ1v) is 5.30. The van der Waals surface area contributed by atoms with Crippen LogP contribution >= 0.6 is 0 Å². The summed E-state index contributed by atoms with van der Waals surface area (Å²) in [6.45, 7) is 1.46. The van der Waals surface area contributed by atoms with Crippen LogP contribution < -0.4 is 0 Å². The molecule has 0 aliphatic rings. The van der Waals surface area contributed by atoms with Crippen LogP contribution in [-0.4, -0.2) is 49.6 Å². The Morgan fingerprint density at radius 1 is 1.44 bits per heavy atom. The van der Waals surface area contributed by atoms with Gasteiger partial charge in [0.1, 0.15) is 12.4 Å². The lowest BCUT2D eigenvalue weighted by Gasteiger charge is -2.21. The normalized spacial score (nSPS) is 12.3. The van der Waals surface area contributed by atoms with Gasteiger partial charge in [-0.2, -0.15) is 0 Å². The Hall–Kier alpha value is -2.44. The van der Waals surface area contributed by atoms with Crippen LogP contribution in [0.15, 0.2) is 24.7 Å². The van der Waals surface area contributed by atoms with E-state index in [2.05, 4.69) is 10.2 Å². The smallest absolute Gasteiger partial charge is 0.326 e. The van der Waals surface area contributed by atoms with Crippen LogP contribution in [0, 0.1) is 0 Å². The molecule has 0 bridgehead atoms. The minimum Gasteiger partial charge on any atom is -0.480 e. The molecule has 0 spiro atoms. The van der Waals surface area contributed by atoms with Crippen molar-refractivity contribution in [1.82, 2.24) is 19.5 Å². The Bertz CT molecular complexity index is 607. The molecular formula is C11H12N4O3. The van der Waals surface area contributed by atoms with Crippen LogP contribution in [0.4, 0.5) is 0 Å². The largest absolute Gasteiger partial charge is 0.480 e. The van der Waals surface area contributed by atoms with E-state index in [1.54, 1.807) is 22.7 Å². The molecule has 2 heterocycles. The van der Waals surface area contributed by atoms with Gasteiger partial charge in [-0.15, -0.1) is 10.2 Å². The number of aromatic nitrogens is 3. The number of carboxylic acids is 1. The summed E-state index contributed by atoms with van der Waals surface area (Å²) in [7, 11) is 1.46. The molecule has 0 aliphatic heterocycles. The monoisotopic (exact) mass is 248 g/mol. The quantitative estimate of drug-likeness (QED) is 0.842. The SMILES string of the molecule is CC(C(=O)O)N(C)C(=O)c1ccc2nncn2c1. The lowest BCUT2D eigenvalue weighted by atomic mass is 10.2. The molecule has 0 radical (unpaired) electrons. The second kappa shape index (κ2) is 4.44. The summed E-state index contributed by atoms with van der Waals surface area (Å²) in [5, 5.41) is 16.4. The van der Waals surface area contributed by atoms with Gasteiger partial charge in [0.2, 0.25) is 0 Å². The summed E-state index contributed by atoms with van der Waals surface area (Å²) in [5.41, 5.74) is 1.01. The van der Waals surface area contributed by atoms with E-state index in [-0.39, 0.29) is 5.91 Å². The Balaban J connectivity index is 2.30. The fourth-order valence-corrected chi connectivity index (χ4v) is 1.50. The molecular weight excluding hydrogens is 236 g/mol. The van der Waals surface area contributed by atoms with Crippen LogP contribution in [0.2, 0.25) is 0 Å². The second-order valence-corrected chi connectivity index (χ2v) is 3.94. The third-order valence-corrected chi connectivity index (χ3v) is 2.80. The highest BCUT2D eigenvalue weighted by Gasteiger charge is 2.22. The number of aliphatic carboxylic acids is 1. The third kappa shape index (κ3) is 2.02. The third-order valence-electron chi connectivity index (χ3n) is 2.80. The number of fused-ring (bicyclic) bond motifs is 1. The van der Waals surface area contributed by atoms with Gasteiger partial charge in [-0.25, -0.2) is 4.79 Å². The van der Waals surface area contributed by atoms with Crippen molar-refractivity contribution in [3.63, 3.8) is 0 Å². The van der Waals surface area contributed by atoms with Crippen LogP contribution in [0.1, 0.15) is 17.3 Å². The lowest BCUT2D eigenvalue weighted by molar-refractivity contribution is -0.141. The number of pyridine rings is 1. The molecule has 18 heavy (non-hydrogen) atoms. The number of carboxylic acid groups (broad SMARTS) is 1. The Labute approximate surface area is 103 Å². The summed E-state index contributed by atoms with van der Waals surface area (Å²) >= 11 is 0. The molecule has 2 rings (SSSR count). The van der Waals surface area contributed by atoms with Crippen molar-refractivity contribution in [1.29, 1.82) is 0 Å². The van der Waals surface area contributed by atoms with Gasteiger partial charge < -0.3 is 10.0 Å². The van der Waals surface area contributed by atoms with E-state index in [0.29, 0.717) is 11.2 Å². The summed E-state index contributed by atoms with van der Waals surface area (Å²) < 4.78 is 1.60. The first kappa shape index (κ1) is 12.0. The lowest BCUT2D eigenvalue weighted by Crippen LogP contribution is -2.40. The van der Waals surface area contributed by atoms with Crippen molar-refractivity contribution in [3.8, 4) is 0 Å². The van der Waals surface area contributed by atoms with Crippen molar-refractivity contribution in [3.05, 3.63) is 30.2 Å². The zero-order valence-electron chi connectivity index (χ0n) is 9.94. The van der Waals surface area contributed by atoms with Crippen molar-refractivity contribution in [2.24, 2.45) is 0 Å². The molecule has 7 heteroatoms. The Morgan fingerprint density at radius 2 is 2.17 bits per heavy atom. The number of hydrogen-bond donors (Lipinski definition) is 1. The predicted octanol–water partition coefficient (Wildman–Crippen LogP) is 0.274. The average Bonchev–Trinajstić information content (AvgIpc) is 2.82. The van der Waals surface area contributed by atoms with Gasteiger partial charge in [-0.05, 0) is 19.1 Å². The molecule has 1 N–H and O–H groups in total. The van der Waals surface area contributed by atoms with Crippen LogP contribution in [-0.2, 0) is 4.79 Å². The number of rotatable bonds is 3. The number of hydrogen-bond acceptors (Lipinski definition) is 4. The van der Waals surface area contributed by atoms with E-state index in [9.17, 15) is 9.59 Å². The highest BCUT2D eigenvalue weighted by Crippen LogP contribution is 2.08. The van der Waals surface area contributed by atoms with Gasteiger partial charge in [0.15, 0.2) is 5.65 Å². The summed E-state index contributed by atoms with van der Waals surface area (Å²) in [4.78, 5) is 24.1. The molecule has 2 aromatic heterocycles. The van der Waals surface area contributed by atoms with Gasteiger partial charge in [0.25, 0.3) is 5.91 Å². The van der Waals surface area contributed by atoms with E-state index >= 15 is 0 Å². The molecule has 1 amide bonds. The van der Waals surface area contributed by atoms with Gasteiger partial charge in [0, 0.05) is 13.2 Å². The molecule has 0 aromatic carbocycles. The van der Waals surface area contributed by atoms with Gasteiger partial charge in [0.05, 0.1) is 5.56 Å². The van der Waals surface area contributed by atoms with Gasteiger partial charge >= 0.3 is 5.97 Å². The first-order valence-electron chi connectivity index (χ1n) is 5.30. The first-order chi connectivity index (χ1) is 8.50. The Kier molecular flexibility index (Phi) is 2.97. The minimum atomic E-state index is -1.05. The molecule has 0 aliphatic carbocycles. The van der Waals surface area contributed by atoms with E-state index in [1.807, 2.05) is 0 Å². The molecule has 1 atom stereocenters. The maximum atomic E-state index is 12.1. The maximum Gasteiger partial charge on any atom is 0.326 e. The number of carbonyl (C=O) groups is 2. The fourth-order valence-electron chi connectivity index (χ4n) is 1.50. The summed E-state index contributed by atoms with van der Waals surface area (Å²) in [6.07, 6.45) is 3.05. The summed E-state index contributed by atoms with van der Waals surface area (Å²) in [6, 6.07) is 2.37. The highest BCUT2D eigenvalue weighted by molar-refractivity contribution is 5.96. The van der Waals surface area contributed by atoms with Gasteiger partial charge in [-0.3, -0.25) is 9.20 Å². The zero-order chi connectivity index (χ0) is 13.3. The number of amides is 1. The van der Waals surface area contributed by atoms with Crippen LogP contribution in [0.25, 0.3) is 5.65 Å². The number of nitrogens with zero attached hydrogens (tertiary/aromatic N) is 4. The van der Waals surface area contributed by atoms with E-state index in [0.717, 1.165) is 0 Å². The topological polar surface area (TPSA) is 87.8 Å². The molecule has 94 valence electrons. The molecule has 0 saturated heterocycles. The maximum absolute atomic E-state index is 12.1. The van der Waals surface area contributed by atoms with E-state index in [1.165, 1.54) is 25.2 Å². The van der Waals surface area contributed by atoms with E-state index in [4.69, 9.17) is 5.11 Å². The van der Waals surface area contributed by atoms with Gasteiger partial charge in [-0.1, -0.05) is 0 Å².